The molecule has 0 aromatic carbocycles. The quantitative estimate of drug-likeness (QED) is 0.848. The van der Waals surface area contributed by atoms with Gasteiger partial charge in [-0.25, -0.2) is 4.98 Å². The lowest BCUT2D eigenvalue weighted by molar-refractivity contribution is 0.271. The second kappa shape index (κ2) is 5.41. The first kappa shape index (κ1) is 13.4. The topological polar surface area (TPSA) is 21.1 Å². The van der Waals surface area contributed by atoms with Crippen molar-refractivity contribution in [3.8, 4) is 5.82 Å². The van der Waals surface area contributed by atoms with Gasteiger partial charge in [-0.3, -0.25) is 4.90 Å². The van der Waals surface area contributed by atoms with Crippen LogP contribution in [0.15, 0.2) is 30.5 Å². The van der Waals surface area contributed by atoms with Crippen molar-refractivity contribution >= 4 is 0 Å². The molecule has 3 nitrogen and oxygen atoms in total. The molecule has 2 aromatic heterocycles. The Kier molecular flexibility index (Phi) is 3.62. The highest BCUT2D eigenvalue weighted by Gasteiger charge is 2.24. The van der Waals surface area contributed by atoms with Gasteiger partial charge in [-0.05, 0) is 63.5 Å². The lowest BCUT2D eigenvalue weighted by Gasteiger charge is -2.23. The molecular weight excluding hydrogens is 246 g/mol. The summed E-state index contributed by atoms with van der Waals surface area (Å²) in [7, 11) is 0. The van der Waals surface area contributed by atoms with E-state index in [0.29, 0.717) is 6.04 Å². The van der Waals surface area contributed by atoms with Gasteiger partial charge in [0.05, 0.1) is 0 Å². The Hall–Kier alpha value is -1.61. The summed E-state index contributed by atoms with van der Waals surface area (Å²) in [5.74, 6) is 1.02. The summed E-state index contributed by atoms with van der Waals surface area (Å²) in [6, 6.07) is 9.25. The highest BCUT2D eigenvalue weighted by Crippen LogP contribution is 2.31. The first-order chi connectivity index (χ1) is 9.70. The van der Waals surface area contributed by atoms with Gasteiger partial charge in [-0.15, -0.1) is 0 Å². The van der Waals surface area contributed by atoms with Gasteiger partial charge in [0.1, 0.15) is 5.82 Å². The van der Waals surface area contributed by atoms with E-state index in [1.165, 1.54) is 36.3 Å². The third-order valence-corrected chi connectivity index (χ3v) is 4.43. The van der Waals surface area contributed by atoms with E-state index in [9.17, 15) is 0 Å². The molecule has 1 aliphatic heterocycles. The molecule has 0 spiro atoms. The van der Waals surface area contributed by atoms with Crippen LogP contribution >= 0.6 is 0 Å². The number of hydrogen-bond donors (Lipinski definition) is 0. The maximum absolute atomic E-state index is 4.69. The van der Waals surface area contributed by atoms with Crippen LogP contribution in [0.4, 0.5) is 0 Å². The molecule has 0 N–H and O–H groups in total. The number of likely N-dealkylation sites (tertiary alicyclic amines) is 1. The number of rotatable bonds is 3. The van der Waals surface area contributed by atoms with Gasteiger partial charge in [0.25, 0.3) is 0 Å². The number of pyridine rings is 1. The molecule has 0 radical (unpaired) electrons. The minimum absolute atomic E-state index is 0.563. The van der Waals surface area contributed by atoms with Crippen LogP contribution < -0.4 is 0 Å². The number of nitrogens with zero attached hydrogens (tertiary/aromatic N) is 3. The fraction of sp³-hybridized carbons (Fsp3) is 0.471. The summed E-state index contributed by atoms with van der Waals surface area (Å²) in [4.78, 5) is 7.24. The lowest BCUT2D eigenvalue weighted by atomic mass is 10.1. The molecule has 3 heteroatoms. The summed E-state index contributed by atoms with van der Waals surface area (Å²) >= 11 is 0. The highest BCUT2D eigenvalue weighted by atomic mass is 15.2. The Bertz CT molecular complexity index is 563. The van der Waals surface area contributed by atoms with Gasteiger partial charge in [0, 0.05) is 23.6 Å². The van der Waals surface area contributed by atoms with Gasteiger partial charge in [-0.2, -0.15) is 0 Å². The Labute approximate surface area is 121 Å². The first-order valence-electron chi connectivity index (χ1n) is 7.56. The second-order valence-corrected chi connectivity index (χ2v) is 5.69. The van der Waals surface area contributed by atoms with Crippen LogP contribution in [0.25, 0.3) is 5.82 Å². The maximum Gasteiger partial charge on any atom is 0.136 e. The Balaban J connectivity index is 1.88. The van der Waals surface area contributed by atoms with Gasteiger partial charge in [-0.1, -0.05) is 13.0 Å². The van der Waals surface area contributed by atoms with Crippen molar-refractivity contribution < 1.29 is 0 Å². The van der Waals surface area contributed by atoms with E-state index >= 15 is 0 Å². The molecule has 20 heavy (non-hydrogen) atoms. The van der Waals surface area contributed by atoms with Gasteiger partial charge >= 0.3 is 0 Å². The van der Waals surface area contributed by atoms with Crippen molar-refractivity contribution in [2.24, 2.45) is 0 Å². The minimum Gasteiger partial charge on any atom is -0.303 e. The first-order valence-corrected chi connectivity index (χ1v) is 7.56. The van der Waals surface area contributed by atoms with Gasteiger partial charge < -0.3 is 4.57 Å². The van der Waals surface area contributed by atoms with Crippen molar-refractivity contribution in [3.05, 3.63) is 47.4 Å². The molecule has 3 heterocycles. The smallest absolute Gasteiger partial charge is 0.136 e. The van der Waals surface area contributed by atoms with E-state index in [1.54, 1.807) is 0 Å². The zero-order chi connectivity index (χ0) is 14.1. The highest BCUT2D eigenvalue weighted by molar-refractivity contribution is 5.33. The van der Waals surface area contributed by atoms with Crippen LogP contribution in [0, 0.1) is 13.8 Å². The van der Waals surface area contributed by atoms with Crippen molar-refractivity contribution in [2.75, 3.05) is 13.1 Å². The molecule has 0 aliphatic carbocycles. The summed E-state index contributed by atoms with van der Waals surface area (Å²) in [6.45, 7) is 8.84. The van der Waals surface area contributed by atoms with Gasteiger partial charge in [0.2, 0.25) is 0 Å². The van der Waals surface area contributed by atoms with E-state index in [4.69, 9.17) is 4.98 Å². The summed E-state index contributed by atoms with van der Waals surface area (Å²) in [6.07, 6.45) is 4.62. The van der Waals surface area contributed by atoms with Crippen molar-refractivity contribution in [1.82, 2.24) is 14.5 Å². The minimum atomic E-state index is 0.563. The lowest BCUT2D eigenvalue weighted by Crippen LogP contribution is -2.22. The zero-order valence-corrected chi connectivity index (χ0v) is 12.6. The monoisotopic (exact) mass is 269 g/mol. The Morgan fingerprint density at radius 1 is 1.15 bits per heavy atom. The van der Waals surface area contributed by atoms with E-state index in [2.05, 4.69) is 60.7 Å². The average Bonchev–Trinajstić information content (AvgIpc) is 3.06. The molecule has 1 aliphatic rings. The molecular formula is C17H23N3. The maximum atomic E-state index is 4.69. The summed E-state index contributed by atoms with van der Waals surface area (Å²) in [5, 5.41) is 0. The molecule has 106 valence electrons. The predicted molar refractivity (Wildman–Crippen MR) is 82.3 cm³/mol. The zero-order valence-electron chi connectivity index (χ0n) is 12.6. The van der Waals surface area contributed by atoms with Crippen molar-refractivity contribution in [1.29, 1.82) is 0 Å². The molecule has 0 amide bonds. The fourth-order valence-electron chi connectivity index (χ4n) is 3.34. The van der Waals surface area contributed by atoms with Crippen molar-refractivity contribution in [3.63, 3.8) is 0 Å². The number of aryl methyl sites for hydroxylation is 2. The molecule has 1 fully saturated rings. The van der Waals surface area contributed by atoms with Gasteiger partial charge in [0.15, 0.2) is 0 Å². The molecule has 3 rings (SSSR count). The Morgan fingerprint density at radius 3 is 2.50 bits per heavy atom. The molecule has 1 saturated heterocycles. The molecule has 2 aromatic rings. The molecule has 0 bridgehead atoms. The molecule has 0 unspecified atom stereocenters. The third kappa shape index (κ3) is 2.27. The summed E-state index contributed by atoms with van der Waals surface area (Å²) in [5.41, 5.74) is 3.83. The van der Waals surface area contributed by atoms with E-state index in [-0.39, 0.29) is 0 Å². The van der Waals surface area contributed by atoms with Crippen LogP contribution in [0.3, 0.4) is 0 Å². The Morgan fingerprint density at radius 2 is 1.90 bits per heavy atom. The number of aromatic nitrogens is 2. The average molecular weight is 269 g/mol. The van der Waals surface area contributed by atoms with Crippen LogP contribution in [-0.2, 0) is 0 Å². The predicted octanol–water partition coefficient (Wildman–Crippen LogP) is 3.65. The fourth-order valence-corrected chi connectivity index (χ4v) is 3.34. The van der Waals surface area contributed by atoms with Crippen molar-refractivity contribution in [2.45, 2.75) is 39.7 Å². The SMILES string of the molecule is CCN1CCC[C@H]1c1ccc(-n2c(C)ccc2C)nc1. The van der Waals surface area contributed by atoms with E-state index in [0.717, 1.165) is 12.4 Å². The molecule has 0 saturated carbocycles. The number of hydrogen-bond acceptors (Lipinski definition) is 2. The normalized spacial score (nSPS) is 19.6. The second-order valence-electron chi connectivity index (χ2n) is 5.69. The largest absolute Gasteiger partial charge is 0.303 e. The van der Waals surface area contributed by atoms with E-state index in [1.807, 2.05) is 0 Å². The van der Waals surface area contributed by atoms with Crippen LogP contribution in [0.2, 0.25) is 0 Å². The van der Waals surface area contributed by atoms with Crippen LogP contribution in [0.5, 0.6) is 0 Å². The van der Waals surface area contributed by atoms with Crippen LogP contribution in [0.1, 0.15) is 42.8 Å². The van der Waals surface area contributed by atoms with Crippen LogP contribution in [-0.4, -0.2) is 27.5 Å². The standard InChI is InChI=1S/C17H23N3/c1-4-19-11-5-6-16(19)15-9-10-17(18-12-15)20-13(2)7-8-14(20)3/h7-10,12,16H,4-6,11H2,1-3H3/t16-/m0/s1. The molecule has 1 atom stereocenters. The third-order valence-electron chi connectivity index (χ3n) is 4.43. The summed E-state index contributed by atoms with van der Waals surface area (Å²) < 4.78 is 2.20. The van der Waals surface area contributed by atoms with E-state index < -0.39 is 0 Å².